The molecule has 1 unspecified atom stereocenters. The molecule has 0 heterocycles. The van der Waals surface area contributed by atoms with Crippen LogP contribution in [0.25, 0.3) is 11.1 Å². The third-order valence-corrected chi connectivity index (χ3v) is 5.27. The lowest BCUT2D eigenvalue weighted by molar-refractivity contribution is 0.0506. The first-order valence-corrected chi connectivity index (χ1v) is 10.3. The molecule has 0 saturated heterocycles. The zero-order chi connectivity index (χ0) is 19.8. The molecule has 3 N–H and O–H groups in total. The van der Waals surface area contributed by atoms with Crippen molar-refractivity contribution in [2.75, 3.05) is 0 Å². The predicted octanol–water partition coefficient (Wildman–Crippen LogP) is 2.99. The third kappa shape index (κ3) is 4.87. The molecule has 1 amide bonds. The maximum atomic E-state index is 12.0. The lowest BCUT2D eigenvalue weighted by Crippen LogP contribution is -2.39. The number of nitrogens with one attached hydrogen (secondary N) is 1. The number of hydrogen-bond acceptors (Lipinski definition) is 4. The second-order valence-corrected chi connectivity index (χ2v) is 9.37. The minimum absolute atomic E-state index is 0.0131. The van der Waals surface area contributed by atoms with E-state index in [0.29, 0.717) is 6.42 Å². The molecule has 3 rings (SSSR count). The molecule has 0 aliphatic heterocycles. The second kappa shape index (κ2) is 6.98. The lowest BCUT2D eigenvalue weighted by atomic mass is 10.0. The summed E-state index contributed by atoms with van der Waals surface area (Å²) in [5, 5.41) is 8.14. The van der Waals surface area contributed by atoms with Crippen molar-refractivity contribution in [2.45, 2.75) is 50.2 Å². The quantitative estimate of drug-likeness (QED) is 0.844. The molecular weight excluding hydrogens is 364 g/mol. The van der Waals surface area contributed by atoms with Crippen LogP contribution >= 0.6 is 0 Å². The maximum absolute atomic E-state index is 12.0. The fourth-order valence-corrected chi connectivity index (χ4v) is 3.79. The van der Waals surface area contributed by atoms with E-state index in [0.717, 1.165) is 23.1 Å². The van der Waals surface area contributed by atoms with E-state index in [-0.39, 0.29) is 10.9 Å². The molecule has 144 valence electrons. The summed E-state index contributed by atoms with van der Waals surface area (Å²) in [5.41, 5.74) is 3.47. The summed E-state index contributed by atoms with van der Waals surface area (Å²) in [6.45, 7) is 5.49. The molecule has 0 bridgehead atoms. The first-order chi connectivity index (χ1) is 12.5. The van der Waals surface area contributed by atoms with Gasteiger partial charge in [-0.25, -0.2) is 18.4 Å². The van der Waals surface area contributed by atoms with Crippen LogP contribution in [0.5, 0.6) is 0 Å². The van der Waals surface area contributed by atoms with Gasteiger partial charge in [-0.3, -0.25) is 0 Å². The van der Waals surface area contributed by atoms with Gasteiger partial charge in [-0.15, -0.1) is 0 Å². The van der Waals surface area contributed by atoms with Crippen LogP contribution in [0.15, 0.2) is 47.4 Å². The molecule has 6 nitrogen and oxygen atoms in total. The van der Waals surface area contributed by atoms with Crippen molar-refractivity contribution in [3.8, 4) is 11.1 Å². The molecule has 0 saturated carbocycles. The monoisotopic (exact) mass is 388 g/mol. The Hall–Kier alpha value is -2.38. The van der Waals surface area contributed by atoms with Crippen molar-refractivity contribution in [2.24, 2.45) is 5.14 Å². The Balaban J connectivity index is 1.76. The van der Waals surface area contributed by atoms with Gasteiger partial charge in [-0.1, -0.05) is 30.3 Å². The number of carbonyl (C=O) groups is 1. The first-order valence-electron chi connectivity index (χ1n) is 8.76. The van der Waals surface area contributed by atoms with E-state index >= 15 is 0 Å². The Bertz CT molecular complexity index is 978. The number of ether oxygens (including phenoxy) is 1. The SMILES string of the molecule is CC(C)(C)OC(=O)NC1Cc2ccc(-c3cccc(S(N)(=O)=O)c3)cc2C1. The highest BCUT2D eigenvalue weighted by molar-refractivity contribution is 7.89. The molecule has 0 spiro atoms. The minimum Gasteiger partial charge on any atom is -0.444 e. The normalized spacial score (nSPS) is 16.7. The number of benzene rings is 2. The van der Waals surface area contributed by atoms with Crippen LogP contribution in [0, 0.1) is 0 Å². The molecule has 7 heteroatoms. The number of carbonyl (C=O) groups excluding carboxylic acids is 1. The van der Waals surface area contributed by atoms with E-state index in [2.05, 4.69) is 5.32 Å². The van der Waals surface area contributed by atoms with Gasteiger partial charge in [0.25, 0.3) is 0 Å². The Morgan fingerprint density at radius 2 is 1.74 bits per heavy atom. The molecule has 27 heavy (non-hydrogen) atoms. The van der Waals surface area contributed by atoms with Crippen LogP contribution in [-0.4, -0.2) is 26.2 Å². The lowest BCUT2D eigenvalue weighted by Gasteiger charge is -2.21. The Morgan fingerprint density at radius 3 is 2.41 bits per heavy atom. The fourth-order valence-electron chi connectivity index (χ4n) is 3.23. The molecular formula is C20H24N2O4S. The van der Waals surface area contributed by atoms with Gasteiger partial charge in [0.05, 0.1) is 4.90 Å². The Morgan fingerprint density at radius 1 is 1.07 bits per heavy atom. The van der Waals surface area contributed by atoms with E-state index in [1.165, 1.54) is 11.6 Å². The van der Waals surface area contributed by atoms with Gasteiger partial charge in [0.2, 0.25) is 10.0 Å². The van der Waals surface area contributed by atoms with Crippen molar-refractivity contribution in [3.05, 3.63) is 53.6 Å². The summed E-state index contributed by atoms with van der Waals surface area (Å²) < 4.78 is 28.5. The van der Waals surface area contributed by atoms with Crippen LogP contribution in [-0.2, 0) is 27.6 Å². The fraction of sp³-hybridized carbons (Fsp3) is 0.350. The zero-order valence-corrected chi connectivity index (χ0v) is 16.5. The summed E-state index contributed by atoms with van der Waals surface area (Å²) >= 11 is 0. The van der Waals surface area contributed by atoms with Crippen molar-refractivity contribution in [3.63, 3.8) is 0 Å². The molecule has 1 atom stereocenters. The molecule has 2 aromatic rings. The van der Waals surface area contributed by atoms with E-state index in [1.54, 1.807) is 12.1 Å². The smallest absolute Gasteiger partial charge is 0.407 e. The summed E-state index contributed by atoms with van der Waals surface area (Å²) in [6.07, 6.45) is 1.03. The first kappa shape index (κ1) is 19.4. The van der Waals surface area contributed by atoms with Crippen LogP contribution in [0.4, 0.5) is 4.79 Å². The van der Waals surface area contributed by atoms with Crippen LogP contribution in [0.3, 0.4) is 0 Å². The van der Waals surface area contributed by atoms with Gasteiger partial charge < -0.3 is 10.1 Å². The molecule has 0 fully saturated rings. The van der Waals surface area contributed by atoms with Crippen LogP contribution < -0.4 is 10.5 Å². The highest BCUT2D eigenvalue weighted by atomic mass is 32.2. The zero-order valence-electron chi connectivity index (χ0n) is 15.7. The average Bonchev–Trinajstić information content (AvgIpc) is 2.93. The summed E-state index contributed by atoms with van der Waals surface area (Å²) in [4.78, 5) is 12.1. The number of rotatable bonds is 3. The molecule has 1 aliphatic carbocycles. The molecule has 0 aromatic heterocycles. The van der Waals surface area contributed by atoms with E-state index in [1.807, 2.05) is 45.0 Å². The van der Waals surface area contributed by atoms with Gasteiger partial charge in [-0.05, 0) is 68.0 Å². The van der Waals surface area contributed by atoms with Gasteiger partial charge >= 0.3 is 6.09 Å². The number of alkyl carbamates (subject to hydrolysis) is 1. The van der Waals surface area contributed by atoms with E-state index < -0.39 is 21.7 Å². The van der Waals surface area contributed by atoms with Gasteiger partial charge in [0, 0.05) is 6.04 Å². The second-order valence-electron chi connectivity index (χ2n) is 7.81. The Labute approximate surface area is 159 Å². The van der Waals surface area contributed by atoms with E-state index in [4.69, 9.17) is 9.88 Å². The van der Waals surface area contributed by atoms with Crippen LogP contribution in [0.2, 0.25) is 0 Å². The topological polar surface area (TPSA) is 98.5 Å². The van der Waals surface area contributed by atoms with Crippen molar-refractivity contribution >= 4 is 16.1 Å². The van der Waals surface area contributed by atoms with Crippen molar-refractivity contribution in [1.82, 2.24) is 5.32 Å². The maximum Gasteiger partial charge on any atom is 0.407 e. The highest BCUT2D eigenvalue weighted by Gasteiger charge is 2.25. The van der Waals surface area contributed by atoms with E-state index in [9.17, 15) is 13.2 Å². The largest absolute Gasteiger partial charge is 0.444 e. The van der Waals surface area contributed by atoms with Crippen molar-refractivity contribution in [1.29, 1.82) is 0 Å². The minimum atomic E-state index is -3.74. The summed E-state index contributed by atoms with van der Waals surface area (Å²) in [6, 6.07) is 12.6. The number of sulfonamides is 1. The molecule has 1 aliphatic rings. The number of hydrogen-bond donors (Lipinski definition) is 2. The standard InChI is InChI=1S/C20H24N2O4S/c1-20(2,3)26-19(23)22-17-10-15-8-7-14(9-16(15)11-17)13-5-4-6-18(12-13)27(21,24)25/h4-9,12,17H,10-11H2,1-3H3,(H,22,23)(H2,21,24,25). The van der Waals surface area contributed by atoms with Gasteiger partial charge in [0.1, 0.15) is 5.60 Å². The Kier molecular flexibility index (Phi) is 5.01. The number of nitrogens with two attached hydrogens (primary N) is 1. The summed E-state index contributed by atoms with van der Waals surface area (Å²) in [5.74, 6) is 0. The van der Waals surface area contributed by atoms with Crippen LogP contribution in [0.1, 0.15) is 31.9 Å². The molecule has 0 radical (unpaired) electrons. The third-order valence-electron chi connectivity index (χ3n) is 4.36. The summed E-state index contributed by atoms with van der Waals surface area (Å²) in [7, 11) is -3.74. The predicted molar refractivity (Wildman–Crippen MR) is 104 cm³/mol. The molecule has 2 aromatic carbocycles. The highest BCUT2D eigenvalue weighted by Crippen LogP contribution is 2.29. The van der Waals surface area contributed by atoms with Gasteiger partial charge in [0.15, 0.2) is 0 Å². The number of amides is 1. The van der Waals surface area contributed by atoms with Crippen molar-refractivity contribution < 1.29 is 17.9 Å². The average molecular weight is 388 g/mol. The number of primary sulfonamides is 1. The van der Waals surface area contributed by atoms with Gasteiger partial charge in [-0.2, -0.15) is 0 Å². The number of fused-ring (bicyclic) bond motifs is 1.